The number of halogens is 1. The van der Waals surface area contributed by atoms with Gasteiger partial charge in [-0.1, -0.05) is 42.5 Å². The largest absolute Gasteiger partial charge is 0.493 e. The van der Waals surface area contributed by atoms with E-state index in [0.717, 1.165) is 60.8 Å². The van der Waals surface area contributed by atoms with Crippen molar-refractivity contribution in [2.45, 2.75) is 31.2 Å². The van der Waals surface area contributed by atoms with Crippen LogP contribution in [0.25, 0.3) is 5.70 Å². The van der Waals surface area contributed by atoms with E-state index in [-0.39, 0.29) is 11.9 Å². The molecule has 1 spiro atoms. The summed E-state index contributed by atoms with van der Waals surface area (Å²) in [6.45, 7) is 3.04. The molecule has 34 heavy (non-hydrogen) atoms. The van der Waals surface area contributed by atoms with Crippen LogP contribution in [0, 0.1) is 5.82 Å². The quantitative estimate of drug-likeness (QED) is 0.625. The minimum absolute atomic E-state index is 0.00887. The third-order valence-corrected chi connectivity index (χ3v) is 7.31. The molecule has 0 aromatic heterocycles. The number of rotatable bonds is 4. The smallest absolute Gasteiger partial charge is 0.191 e. The molecule has 3 aliphatic rings. The van der Waals surface area contributed by atoms with Crippen molar-refractivity contribution in [1.82, 2.24) is 10.4 Å². The lowest BCUT2D eigenvalue weighted by atomic mass is 9.92. The normalized spacial score (nSPS) is 25.6. The molecule has 0 bridgehead atoms. The van der Waals surface area contributed by atoms with Crippen LogP contribution in [0.4, 0.5) is 4.39 Å². The standard InChI is InChI=1S/C28H28FN3O2/c1-33-26-9-5-8-23-25-18-24(21-10-12-22(29)13-11-21)30-32(25)28(34-27(23)26)14-16-31(17-15-28)19-20-6-3-2-4-7-20/h2-13,18,25,30H,14-17,19H2,1H3/p+1. The lowest BCUT2D eigenvalue weighted by Crippen LogP contribution is -3.12. The summed E-state index contributed by atoms with van der Waals surface area (Å²) in [7, 11) is 1.69. The molecule has 3 heterocycles. The Morgan fingerprint density at radius 2 is 1.79 bits per heavy atom. The highest BCUT2D eigenvalue weighted by Crippen LogP contribution is 2.50. The van der Waals surface area contributed by atoms with Crippen molar-refractivity contribution < 1.29 is 18.8 Å². The molecule has 0 amide bonds. The third kappa shape index (κ3) is 3.63. The molecule has 174 valence electrons. The highest BCUT2D eigenvalue weighted by Gasteiger charge is 2.53. The second kappa shape index (κ2) is 8.46. The van der Waals surface area contributed by atoms with Gasteiger partial charge in [0.2, 0.25) is 0 Å². The molecule has 3 aromatic rings. The van der Waals surface area contributed by atoms with Crippen molar-refractivity contribution in [2.24, 2.45) is 0 Å². The van der Waals surface area contributed by atoms with E-state index in [0.29, 0.717) is 0 Å². The maximum absolute atomic E-state index is 13.5. The zero-order valence-corrected chi connectivity index (χ0v) is 19.3. The predicted octanol–water partition coefficient (Wildman–Crippen LogP) is 3.70. The second-order valence-corrected chi connectivity index (χ2v) is 9.35. The third-order valence-electron chi connectivity index (χ3n) is 7.31. The van der Waals surface area contributed by atoms with E-state index in [9.17, 15) is 4.39 Å². The molecule has 0 aliphatic carbocycles. The highest BCUT2D eigenvalue weighted by molar-refractivity contribution is 5.68. The number of methoxy groups -OCH3 is 1. The van der Waals surface area contributed by atoms with Gasteiger partial charge < -0.3 is 19.8 Å². The number of piperidine rings is 1. The Balaban J connectivity index is 1.32. The van der Waals surface area contributed by atoms with Gasteiger partial charge in [-0.05, 0) is 42.0 Å². The SMILES string of the molecule is COc1cccc2c1OC1(CC[NH+](Cc3ccccc3)CC1)N1NC(c3ccc(F)cc3)=CC21. The first kappa shape index (κ1) is 21.2. The Morgan fingerprint density at radius 1 is 1.03 bits per heavy atom. The van der Waals surface area contributed by atoms with Crippen molar-refractivity contribution in [3.8, 4) is 11.5 Å². The van der Waals surface area contributed by atoms with Gasteiger partial charge in [-0.25, -0.2) is 4.39 Å². The molecule has 0 saturated carbocycles. The zero-order chi connectivity index (χ0) is 23.1. The van der Waals surface area contributed by atoms with Gasteiger partial charge in [0.15, 0.2) is 17.2 Å². The zero-order valence-electron chi connectivity index (χ0n) is 19.3. The number of hydrazine groups is 1. The number of quaternary nitrogens is 1. The van der Waals surface area contributed by atoms with Gasteiger partial charge in [-0.3, -0.25) is 0 Å². The predicted molar refractivity (Wildman–Crippen MR) is 129 cm³/mol. The fraction of sp³-hybridized carbons (Fsp3) is 0.286. The van der Waals surface area contributed by atoms with Gasteiger partial charge in [0, 0.05) is 11.1 Å². The molecule has 6 rings (SSSR count). The molecule has 6 heteroatoms. The molecule has 1 fully saturated rings. The second-order valence-electron chi connectivity index (χ2n) is 9.35. The molecule has 1 atom stereocenters. The molecule has 3 aliphatic heterocycles. The number of nitrogens with zero attached hydrogens (tertiary/aromatic N) is 1. The molecular formula is C28H29FN3O2+. The highest BCUT2D eigenvalue weighted by atomic mass is 19.1. The number of hydrogen-bond acceptors (Lipinski definition) is 4. The lowest BCUT2D eigenvalue weighted by Gasteiger charge is -2.50. The molecule has 3 aromatic carbocycles. The van der Waals surface area contributed by atoms with E-state index in [1.54, 1.807) is 12.0 Å². The average Bonchev–Trinajstić information content (AvgIpc) is 3.33. The summed E-state index contributed by atoms with van der Waals surface area (Å²) in [5.41, 5.74) is 7.52. The van der Waals surface area contributed by atoms with Crippen molar-refractivity contribution in [3.63, 3.8) is 0 Å². The average molecular weight is 459 g/mol. The van der Waals surface area contributed by atoms with E-state index >= 15 is 0 Å². The summed E-state index contributed by atoms with van der Waals surface area (Å²) in [6, 6.07) is 23.4. The first-order valence-corrected chi connectivity index (χ1v) is 11.9. The Kier molecular flexibility index (Phi) is 5.27. The van der Waals surface area contributed by atoms with Gasteiger partial charge in [0.1, 0.15) is 12.4 Å². The van der Waals surface area contributed by atoms with Gasteiger partial charge in [0.25, 0.3) is 0 Å². The summed E-state index contributed by atoms with van der Waals surface area (Å²) in [4.78, 5) is 1.56. The van der Waals surface area contributed by atoms with E-state index in [4.69, 9.17) is 9.47 Å². The number of benzene rings is 3. The first-order chi connectivity index (χ1) is 16.6. The first-order valence-electron chi connectivity index (χ1n) is 11.9. The Hall–Kier alpha value is -3.35. The lowest BCUT2D eigenvalue weighted by molar-refractivity contribution is -0.921. The van der Waals surface area contributed by atoms with Crippen LogP contribution in [-0.4, -0.2) is 30.9 Å². The van der Waals surface area contributed by atoms with Crippen molar-refractivity contribution in [1.29, 1.82) is 0 Å². The Labute approximate surface area is 199 Å². The molecular weight excluding hydrogens is 429 g/mol. The molecule has 2 N–H and O–H groups in total. The van der Waals surface area contributed by atoms with E-state index in [2.05, 4.69) is 52.9 Å². The van der Waals surface area contributed by atoms with Gasteiger partial charge in [-0.2, -0.15) is 5.01 Å². The van der Waals surface area contributed by atoms with Crippen LogP contribution in [0.1, 0.15) is 35.6 Å². The molecule has 5 nitrogen and oxygen atoms in total. The summed E-state index contributed by atoms with van der Waals surface area (Å²) in [5.74, 6) is 1.36. The van der Waals surface area contributed by atoms with Crippen LogP contribution in [0.2, 0.25) is 0 Å². The maximum Gasteiger partial charge on any atom is 0.191 e. The molecule has 0 radical (unpaired) electrons. The summed E-state index contributed by atoms with van der Waals surface area (Å²) < 4.78 is 26.1. The van der Waals surface area contributed by atoms with E-state index in [1.165, 1.54) is 17.7 Å². The fourth-order valence-electron chi connectivity index (χ4n) is 5.52. The van der Waals surface area contributed by atoms with Crippen LogP contribution < -0.4 is 19.8 Å². The van der Waals surface area contributed by atoms with Gasteiger partial charge in [0.05, 0.1) is 44.8 Å². The number of likely N-dealkylation sites (tertiary alicyclic amines) is 1. The van der Waals surface area contributed by atoms with Gasteiger partial charge >= 0.3 is 0 Å². The number of nitrogens with one attached hydrogen (secondary N) is 2. The fourth-order valence-corrected chi connectivity index (χ4v) is 5.52. The van der Waals surface area contributed by atoms with Crippen molar-refractivity contribution in [3.05, 3.63) is 101 Å². The minimum Gasteiger partial charge on any atom is -0.493 e. The summed E-state index contributed by atoms with van der Waals surface area (Å²) >= 11 is 0. The Bertz CT molecular complexity index is 1200. The summed E-state index contributed by atoms with van der Waals surface area (Å²) in [5, 5.41) is 2.27. The molecule has 1 unspecified atom stereocenters. The number of ether oxygens (including phenoxy) is 2. The number of para-hydroxylation sites is 1. The van der Waals surface area contributed by atoms with Crippen LogP contribution in [0.3, 0.4) is 0 Å². The van der Waals surface area contributed by atoms with Crippen molar-refractivity contribution in [2.75, 3.05) is 20.2 Å². The van der Waals surface area contributed by atoms with Crippen molar-refractivity contribution >= 4 is 5.70 Å². The van der Waals surface area contributed by atoms with Crippen LogP contribution in [0.15, 0.2) is 78.9 Å². The van der Waals surface area contributed by atoms with Gasteiger partial charge in [-0.15, -0.1) is 0 Å². The topological polar surface area (TPSA) is 38.2 Å². The summed E-state index contributed by atoms with van der Waals surface area (Å²) in [6.07, 6.45) is 4.00. The monoisotopic (exact) mass is 458 g/mol. The minimum atomic E-state index is -0.481. The van der Waals surface area contributed by atoms with Crippen LogP contribution >= 0.6 is 0 Å². The van der Waals surface area contributed by atoms with Crippen LogP contribution in [0.5, 0.6) is 11.5 Å². The maximum atomic E-state index is 13.5. The number of fused-ring (bicyclic) bond motifs is 4. The van der Waals surface area contributed by atoms with Crippen LogP contribution in [-0.2, 0) is 6.54 Å². The van der Waals surface area contributed by atoms with E-state index < -0.39 is 5.72 Å². The van der Waals surface area contributed by atoms with E-state index in [1.807, 2.05) is 24.3 Å². The Morgan fingerprint density at radius 3 is 2.53 bits per heavy atom. The molecule has 1 saturated heterocycles. The number of hydrogen-bond donors (Lipinski definition) is 2.